The van der Waals surface area contributed by atoms with E-state index >= 15 is 0 Å². The van der Waals surface area contributed by atoms with Crippen LogP contribution in [0.1, 0.15) is 39.2 Å². The van der Waals surface area contributed by atoms with Gasteiger partial charge in [0.05, 0.1) is 6.61 Å². The molecule has 1 aromatic heterocycles. The fourth-order valence-electron chi connectivity index (χ4n) is 2.42. The highest BCUT2D eigenvalue weighted by Crippen LogP contribution is 2.20. The number of hydrogen-bond acceptors (Lipinski definition) is 5. The van der Waals surface area contributed by atoms with Gasteiger partial charge in [0.25, 0.3) is 0 Å². The Morgan fingerprint density at radius 3 is 2.73 bits per heavy atom. The molecule has 1 aliphatic rings. The molecule has 122 valence electrons. The number of hydrogen-bond donors (Lipinski definition) is 2. The molecule has 1 aromatic rings. The highest BCUT2D eigenvalue weighted by molar-refractivity contribution is 5.68. The summed E-state index contributed by atoms with van der Waals surface area (Å²) in [5, 5.41) is 12.7. The average molecular weight is 307 g/mol. The number of likely N-dealkylation sites (tertiary alicyclic amines) is 1. The molecule has 2 rings (SSSR count). The second-order valence-corrected chi connectivity index (χ2v) is 6.56. The molecule has 1 saturated heterocycles. The van der Waals surface area contributed by atoms with Gasteiger partial charge in [0.2, 0.25) is 0 Å². The van der Waals surface area contributed by atoms with Crippen LogP contribution in [-0.4, -0.2) is 45.8 Å². The van der Waals surface area contributed by atoms with Crippen LogP contribution in [0.25, 0.3) is 0 Å². The molecule has 0 unspecified atom stereocenters. The minimum Gasteiger partial charge on any atom is -0.444 e. The third-order valence-electron chi connectivity index (χ3n) is 3.55. The summed E-state index contributed by atoms with van der Waals surface area (Å²) in [6.07, 6.45) is 3.12. The van der Waals surface area contributed by atoms with E-state index in [1.165, 1.54) is 0 Å². The Kier molecular flexibility index (Phi) is 5.24. The fourth-order valence-corrected chi connectivity index (χ4v) is 2.42. The van der Waals surface area contributed by atoms with E-state index in [0.29, 0.717) is 13.1 Å². The quantitative estimate of drug-likeness (QED) is 0.897. The molecule has 0 atom stereocenters. The Morgan fingerprint density at radius 2 is 2.14 bits per heavy atom. The summed E-state index contributed by atoms with van der Waals surface area (Å²) >= 11 is 0. The molecule has 6 heteroatoms. The van der Waals surface area contributed by atoms with Crippen molar-refractivity contribution in [3.63, 3.8) is 0 Å². The smallest absolute Gasteiger partial charge is 0.410 e. The van der Waals surface area contributed by atoms with Crippen molar-refractivity contribution in [2.24, 2.45) is 0 Å². The van der Waals surface area contributed by atoms with Crippen molar-refractivity contribution in [2.75, 3.05) is 18.4 Å². The van der Waals surface area contributed by atoms with Gasteiger partial charge in [0.1, 0.15) is 11.4 Å². The van der Waals surface area contributed by atoms with E-state index in [1.54, 1.807) is 11.1 Å². The van der Waals surface area contributed by atoms with E-state index in [9.17, 15) is 9.90 Å². The van der Waals surface area contributed by atoms with Crippen LogP contribution in [-0.2, 0) is 11.3 Å². The van der Waals surface area contributed by atoms with Gasteiger partial charge in [-0.2, -0.15) is 0 Å². The van der Waals surface area contributed by atoms with Crippen molar-refractivity contribution in [1.29, 1.82) is 0 Å². The average Bonchev–Trinajstić information content (AvgIpc) is 2.47. The van der Waals surface area contributed by atoms with Crippen LogP contribution in [0.3, 0.4) is 0 Å². The number of piperidine rings is 1. The lowest BCUT2D eigenvalue weighted by atomic mass is 10.1. The minimum absolute atomic E-state index is 0.0348. The molecule has 1 amide bonds. The minimum atomic E-state index is -0.462. The number of carbonyl (C=O) groups excluding carboxylic acids is 1. The molecular formula is C16H25N3O3. The van der Waals surface area contributed by atoms with Gasteiger partial charge in [-0.15, -0.1) is 0 Å². The number of nitrogens with one attached hydrogen (secondary N) is 1. The zero-order valence-corrected chi connectivity index (χ0v) is 13.5. The number of carbonyl (C=O) groups is 1. The topological polar surface area (TPSA) is 74.7 Å². The van der Waals surface area contributed by atoms with E-state index in [0.717, 1.165) is 24.2 Å². The van der Waals surface area contributed by atoms with Crippen molar-refractivity contribution in [1.82, 2.24) is 9.88 Å². The molecular weight excluding hydrogens is 282 g/mol. The first-order valence-corrected chi connectivity index (χ1v) is 7.68. The van der Waals surface area contributed by atoms with Crippen molar-refractivity contribution in [3.05, 3.63) is 23.9 Å². The normalized spacial score (nSPS) is 16.5. The molecule has 0 bridgehead atoms. The number of amides is 1. The van der Waals surface area contributed by atoms with Crippen LogP contribution in [0.4, 0.5) is 10.6 Å². The Hall–Kier alpha value is -1.82. The first-order valence-electron chi connectivity index (χ1n) is 7.68. The standard InChI is InChI=1S/C16H25N3O3/c1-16(2,3)22-15(21)19-9-6-13(7-10-19)18-14-12(11-20)5-4-8-17-14/h4-5,8,13,20H,6-7,9-11H2,1-3H3,(H,17,18). The summed E-state index contributed by atoms with van der Waals surface area (Å²) in [6, 6.07) is 3.91. The Morgan fingerprint density at radius 1 is 1.45 bits per heavy atom. The first kappa shape index (κ1) is 16.5. The van der Waals surface area contributed by atoms with Crippen molar-refractivity contribution >= 4 is 11.9 Å². The van der Waals surface area contributed by atoms with Gasteiger partial charge in [-0.3, -0.25) is 0 Å². The highest BCUT2D eigenvalue weighted by Gasteiger charge is 2.27. The van der Waals surface area contributed by atoms with E-state index in [2.05, 4.69) is 10.3 Å². The highest BCUT2D eigenvalue weighted by atomic mass is 16.6. The molecule has 6 nitrogen and oxygen atoms in total. The van der Waals surface area contributed by atoms with Crippen LogP contribution in [0.15, 0.2) is 18.3 Å². The van der Waals surface area contributed by atoms with E-state index in [4.69, 9.17) is 4.74 Å². The maximum atomic E-state index is 12.0. The van der Waals surface area contributed by atoms with E-state index in [1.807, 2.05) is 32.9 Å². The predicted octanol–water partition coefficient (Wildman–Crippen LogP) is 2.39. The van der Waals surface area contributed by atoms with Crippen LogP contribution >= 0.6 is 0 Å². The third kappa shape index (κ3) is 4.59. The molecule has 1 aliphatic heterocycles. The van der Waals surface area contributed by atoms with Crippen LogP contribution in [0.5, 0.6) is 0 Å². The fraction of sp³-hybridized carbons (Fsp3) is 0.625. The van der Waals surface area contributed by atoms with Crippen LogP contribution < -0.4 is 5.32 Å². The molecule has 2 N–H and O–H groups in total. The molecule has 0 aliphatic carbocycles. The van der Waals surface area contributed by atoms with Gasteiger partial charge in [0, 0.05) is 30.9 Å². The third-order valence-corrected chi connectivity index (χ3v) is 3.55. The largest absolute Gasteiger partial charge is 0.444 e. The summed E-state index contributed by atoms with van der Waals surface area (Å²) in [5.74, 6) is 0.723. The SMILES string of the molecule is CC(C)(C)OC(=O)N1CCC(Nc2ncccc2CO)CC1. The molecule has 0 aromatic carbocycles. The van der Waals surface area contributed by atoms with Crippen molar-refractivity contribution in [3.8, 4) is 0 Å². The van der Waals surface area contributed by atoms with Crippen LogP contribution in [0, 0.1) is 0 Å². The van der Waals surface area contributed by atoms with Gasteiger partial charge in [-0.25, -0.2) is 9.78 Å². The number of aliphatic hydroxyl groups is 1. The summed E-state index contributed by atoms with van der Waals surface area (Å²) in [5.41, 5.74) is 0.327. The lowest BCUT2D eigenvalue weighted by molar-refractivity contribution is 0.0210. The Labute approximate surface area is 131 Å². The van der Waals surface area contributed by atoms with Crippen LogP contribution in [0.2, 0.25) is 0 Å². The summed E-state index contributed by atoms with van der Waals surface area (Å²) in [7, 11) is 0. The molecule has 1 fully saturated rings. The molecule has 0 saturated carbocycles. The first-order chi connectivity index (χ1) is 10.4. The summed E-state index contributed by atoms with van der Waals surface area (Å²) in [6.45, 7) is 6.90. The number of rotatable bonds is 3. The number of anilines is 1. The predicted molar refractivity (Wildman–Crippen MR) is 84.6 cm³/mol. The lowest BCUT2D eigenvalue weighted by Crippen LogP contribution is -2.44. The van der Waals surface area contributed by atoms with E-state index in [-0.39, 0.29) is 18.7 Å². The van der Waals surface area contributed by atoms with Gasteiger partial charge in [-0.1, -0.05) is 6.07 Å². The number of aliphatic hydroxyl groups excluding tert-OH is 1. The van der Waals surface area contributed by atoms with Gasteiger partial charge in [-0.05, 0) is 39.7 Å². The monoisotopic (exact) mass is 307 g/mol. The molecule has 2 heterocycles. The maximum absolute atomic E-state index is 12.0. The summed E-state index contributed by atoms with van der Waals surface area (Å²) < 4.78 is 5.39. The summed E-state index contributed by atoms with van der Waals surface area (Å²) in [4.78, 5) is 18.0. The number of ether oxygens (including phenoxy) is 1. The zero-order chi connectivity index (χ0) is 16.2. The molecule has 0 spiro atoms. The number of nitrogens with zero attached hydrogens (tertiary/aromatic N) is 2. The second kappa shape index (κ2) is 6.96. The maximum Gasteiger partial charge on any atom is 0.410 e. The van der Waals surface area contributed by atoms with Gasteiger partial charge < -0.3 is 20.1 Å². The van der Waals surface area contributed by atoms with Crippen molar-refractivity contribution < 1.29 is 14.6 Å². The Bertz CT molecular complexity index is 506. The second-order valence-electron chi connectivity index (χ2n) is 6.56. The van der Waals surface area contributed by atoms with Gasteiger partial charge >= 0.3 is 6.09 Å². The number of pyridine rings is 1. The zero-order valence-electron chi connectivity index (χ0n) is 13.5. The lowest BCUT2D eigenvalue weighted by Gasteiger charge is -2.34. The molecule has 22 heavy (non-hydrogen) atoms. The Balaban J connectivity index is 1.86. The van der Waals surface area contributed by atoms with Gasteiger partial charge in [0.15, 0.2) is 0 Å². The molecule has 0 radical (unpaired) electrons. The van der Waals surface area contributed by atoms with Crippen molar-refractivity contribution in [2.45, 2.75) is 51.9 Å². The van der Waals surface area contributed by atoms with E-state index < -0.39 is 5.60 Å². The number of aromatic nitrogens is 1.